The van der Waals surface area contributed by atoms with E-state index < -0.39 is 0 Å². The average molecular weight is 270 g/mol. The number of nitrogens with one attached hydrogen (secondary N) is 1. The van der Waals surface area contributed by atoms with Crippen LogP contribution >= 0.6 is 11.6 Å². The van der Waals surface area contributed by atoms with Gasteiger partial charge >= 0.3 is 0 Å². The lowest BCUT2D eigenvalue weighted by Crippen LogP contribution is -2.22. The molecule has 0 unspecified atom stereocenters. The number of rotatable bonds is 4. The van der Waals surface area contributed by atoms with Crippen molar-refractivity contribution in [2.24, 2.45) is 5.92 Å². The number of ether oxygens (including phenoxy) is 2. The lowest BCUT2D eigenvalue weighted by atomic mass is 10.0. The molecular weight excluding hydrogens is 250 g/mol. The van der Waals surface area contributed by atoms with E-state index in [1.54, 1.807) is 7.11 Å². The van der Waals surface area contributed by atoms with Crippen LogP contribution in [0.3, 0.4) is 0 Å². The number of methoxy groups -OCH3 is 1. The highest BCUT2D eigenvalue weighted by molar-refractivity contribution is 6.31. The van der Waals surface area contributed by atoms with Gasteiger partial charge in [-0.05, 0) is 37.3 Å². The smallest absolute Gasteiger partial charge is 0.143 e. The lowest BCUT2D eigenvalue weighted by Gasteiger charge is -2.23. The van der Waals surface area contributed by atoms with Gasteiger partial charge in [-0.25, -0.2) is 0 Å². The second kappa shape index (κ2) is 6.30. The molecule has 1 fully saturated rings. The van der Waals surface area contributed by atoms with Crippen LogP contribution in [0.25, 0.3) is 0 Å². The van der Waals surface area contributed by atoms with E-state index in [4.69, 9.17) is 21.1 Å². The van der Waals surface area contributed by atoms with Crippen LogP contribution < -0.4 is 10.1 Å². The number of aryl methyl sites for hydroxylation is 1. The van der Waals surface area contributed by atoms with Gasteiger partial charge in [-0.15, -0.1) is 0 Å². The highest BCUT2D eigenvalue weighted by Gasteiger charge is 2.14. The Bertz CT molecular complexity index is 403. The molecule has 1 saturated heterocycles. The van der Waals surface area contributed by atoms with E-state index in [2.05, 4.69) is 5.32 Å². The zero-order valence-corrected chi connectivity index (χ0v) is 11.7. The molecule has 0 aliphatic carbocycles. The minimum atomic E-state index is 0.680. The molecule has 1 aliphatic heterocycles. The fourth-order valence-electron chi connectivity index (χ4n) is 2.18. The third-order valence-electron chi connectivity index (χ3n) is 3.40. The van der Waals surface area contributed by atoms with E-state index in [1.165, 1.54) is 0 Å². The van der Waals surface area contributed by atoms with E-state index in [9.17, 15) is 0 Å². The van der Waals surface area contributed by atoms with Gasteiger partial charge in [0.2, 0.25) is 0 Å². The molecule has 1 N–H and O–H groups in total. The standard InChI is InChI=1S/C14H20ClNO2/c1-10-7-13(14(17-2)8-12(10)15)16-9-11-3-5-18-6-4-11/h7-8,11,16H,3-6,9H2,1-2H3. The number of benzene rings is 1. The van der Waals surface area contributed by atoms with E-state index in [-0.39, 0.29) is 0 Å². The Labute approximate surface area is 113 Å². The van der Waals surface area contributed by atoms with Crippen LogP contribution in [0, 0.1) is 12.8 Å². The number of halogens is 1. The first-order valence-corrected chi connectivity index (χ1v) is 6.74. The zero-order valence-electron chi connectivity index (χ0n) is 11.0. The van der Waals surface area contributed by atoms with Crippen molar-refractivity contribution in [3.8, 4) is 5.75 Å². The van der Waals surface area contributed by atoms with E-state index >= 15 is 0 Å². The molecule has 1 heterocycles. The number of anilines is 1. The maximum atomic E-state index is 6.09. The van der Waals surface area contributed by atoms with Crippen molar-refractivity contribution in [2.45, 2.75) is 19.8 Å². The first-order chi connectivity index (χ1) is 8.70. The second-order valence-electron chi connectivity index (χ2n) is 4.74. The lowest BCUT2D eigenvalue weighted by molar-refractivity contribution is 0.0699. The molecule has 0 bridgehead atoms. The Balaban J connectivity index is 2.01. The SMILES string of the molecule is COc1cc(Cl)c(C)cc1NCC1CCOCC1. The molecule has 0 saturated carbocycles. The van der Waals surface area contributed by atoms with Crippen LogP contribution in [0.2, 0.25) is 5.02 Å². The van der Waals surface area contributed by atoms with Crippen LogP contribution in [0.15, 0.2) is 12.1 Å². The molecule has 1 aliphatic rings. The van der Waals surface area contributed by atoms with Crippen LogP contribution in [-0.4, -0.2) is 26.9 Å². The molecule has 0 atom stereocenters. The Morgan fingerprint density at radius 3 is 2.78 bits per heavy atom. The summed E-state index contributed by atoms with van der Waals surface area (Å²) >= 11 is 6.09. The zero-order chi connectivity index (χ0) is 13.0. The van der Waals surface area contributed by atoms with Crippen molar-refractivity contribution in [3.05, 3.63) is 22.7 Å². The predicted octanol–water partition coefficient (Wildman–Crippen LogP) is 3.50. The Hall–Kier alpha value is -0.930. The summed E-state index contributed by atoms with van der Waals surface area (Å²) in [6.45, 7) is 4.72. The van der Waals surface area contributed by atoms with Gasteiger partial charge in [0.15, 0.2) is 0 Å². The number of hydrogen-bond donors (Lipinski definition) is 1. The van der Waals surface area contributed by atoms with Gasteiger partial charge in [0, 0.05) is 30.8 Å². The molecule has 1 aromatic carbocycles. The summed E-state index contributed by atoms with van der Waals surface area (Å²) in [5.74, 6) is 1.48. The second-order valence-corrected chi connectivity index (χ2v) is 5.15. The van der Waals surface area contributed by atoms with Gasteiger partial charge in [0.25, 0.3) is 0 Å². The van der Waals surface area contributed by atoms with Crippen LogP contribution in [0.1, 0.15) is 18.4 Å². The summed E-state index contributed by atoms with van der Waals surface area (Å²) in [5.41, 5.74) is 2.08. The van der Waals surface area contributed by atoms with E-state index in [1.807, 2.05) is 19.1 Å². The molecule has 100 valence electrons. The normalized spacial score (nSPS) is 16.6. The molecule has 3 nitrogen and oxygen atoms in total. The third kappa shape index (κ3) is 3.30. The summed E-state index contributed by atoms with van der Waals surface area (Å²) in [6.07, 6.45) is 2.25. The van der Waals surface area contributed by atoms with Crippen molar-refractivity contribution >= 4 is 17.3 Å². The summed E-state index contributed by atoms with van der Waals surface area (Å²) in [7, 11) is 1.67. The molecule has 0 radical (unpaired) electrons. The molecular formula is C14H20ClNO2. The maximum Gasteiger partial charge on any atom is 0.143 e. The first-order valence-electron chi connectivity index (χ1n) is 6.36. The molecule has 0 aromatic heterocycles. The molecule has 0 amide bonds. The average Bonchev–Trinajstić information content (AvgIpc) is 2.41. The monoisotopic (exact) mass is 269 g/mol. The fraction of sp³-hybridized carbons (Fsp3) is 0.571. The molecule has 4 heteroatoms. The van der Waals surface area contributed by atoms with Gasteiger partial charge in [-0.1, -0.05) is 11.6 Å². The largest absolute Gasteiger partial charge is 0.495 e. The maximum absolute atomic E-state index is 6.09. The minimum Gasteiger partial charge on any atom is -0.495 e. The van der Waals surface area contributed by atoms with E-state index in [0.717, 1.165) is 54.6 Å². The topological polar surface area (TPSA) is 30.5 Å². The first kappa shape index (κ1) is 13.5. The highest BCUT2D eigenvalue weighted by Crippen LogP contribution is 2.31. The Kier molecular flexibility index (Phi) is 4.72. The fourth-order valence-corrected chi connectivity index (χ4v) is 2.33. The van der Waals surface area contributed by atoms with Crippen LogP contribution in [0.4, 0.5) is 5.69 Å². The Morgan fingerprint density at radius 2 is 2.11 bits per heavy atom. The van der Waals surface area contributed by atoms with Crippen LogP contribution in [-0.2, 0) is 4.74 Å². The van der Waals surface area contributed by atoms with Gasteiger partial charge in [0.1, 0.15) is 5.75 Å². The molecule has 2 rings (SSSR count). The van der Waals surface area contributed by atoms with Gasteiger partial charge in [0.05, 0.1) is 12.8 Å². The minimum absolute atomic E-state index is 0.680. The highest BCUT2D eigenvalue weighted by atomic mass is 35.5. The van der Waals surface area contributed by atoms with Gasteiger partial charge in [-0.2, -0.15) is 0 Å². The summed E-state index contributed by atoms with van der Waals surface area (Å²) in [4.78, 5) is 0. The van der Waals surface area contributed by atoms with Crippen molar-refractivity contribution in [1.82, 2.24) is 0 Å². The third-order valence-corrected chi connectivity index (χ3v) is 3.81. The number of hydrogen-bond acceptors (Lipinski definition) is 3. The van der Waals surface area contributed by atoms with E-state index in [0.29, 0.717) is 5.92 Å². The summed E-state index contributed by atoms with van der Waals surface area (Å²) in [6, 6.07) is 3.91. The van der Waals surface area contributed by atoms with Gasteiger partial charge < -0.3 is 14.8 Å². The molecule has 1 aromatic rings. The Morgan fingerprint density at radius 1 is 1.39 bits per heavy atom. The summed E-state index contributed by atoms with van der Waals surface area (Å²) in [5, 5.41) is 4.20. The van der Waals surface area contributed by atoms with Crippen molar-refractivity contribution in [3.63, 3.8) is 0 Å². The van der Waals surface area contributed by atoms with Gasteiger partial charge in [-0.3, -0.25) is 0 Å². The quantitative estimate of drug-likeness (QED) is 0.908. The van der Waals surface area contributed by atoms with Crippen molar-refractivity contribution in [1.29, 1.82) is 0 Å². The molecule has 18 heavy (non-hydrogen) atoms. The summed E-state index contributed by atoms with van der Waals surface area (Å²) < 4.78 is 10.7. The van der Waals surface area contributed by atoms with Crippen LogP contribution in [0.5, 0.6) is 5.75 Å². The predicted molar refractivity (Wildman–Crippen MR) is 74.8 cm³/mol. The van der Waals surface area contributed by atoms with Crippen molar-refractivity contribution < 1.29 is 9.47 Å². The van der Waals surface area contributed by atoms with Crippen molar-refractivity contribution in [2.75, 3.05) is 32.2 Å². The molecule has 0 spiro atoms.